The second-order valence-corrected chi connectivity index (χ2v) is 7.68. The van der Waals surface area contributed by atoms with E-state index in [-0.39, 0.29) is 12.6 Å². The van der Waals surface area contributed by atoms with Crippen LogP contribution in [0, 0.1) is 0 Å². The standard InChI is InChI=1S/C27H23NO/c29-18-17-27(22-12-2-1-3-13-22)19-21-10-5-7-16-25(21)28-26(27)24-15-8-11-20-9-4-6-14-23(20)24/h1-16,19,26,29H,17-18H2. The van der Waals surface area contributed by atoms with Crippen molar-refractivity contribution in [2.24, 2.45) is 4.99 Å². The summed E-state index contributed by atoms with van der Waals surface area (Å²) in [6.45, 7) is 0.102. The molecule has 2 nitrogen and oxygen atoms in total. The summed E-state index contributed by atoms with van der Waals surface area (Å²) in [5.41, 5.74) is 1.98. The number of fused-ring (bicyclic) bond motifs is 2. The van der Waals surface area contributed by atoms with E-state index in [1.165, 1.54) is 21.9 Å². The Bertz CT molecular complexity index is 1270. The van der Waals surface area contributed by atoms with E-state index >= 15 is 0 Å². The zero-order valence-electron chi connectivity index (χ0n) is 16.2. The Morgan fingerprint density at radius 1 is 0.759 bits per heavy atom. The van der Waals surface area contributed by atoms with Crippen molar-refractivity contribution in [3.05, 3.63) is 119 Å². The molecule has 0 fully saturated rings. The molecule has 1 heterocycles. The second-order valence-electron chi connectivity index (χ2n) is 7.68. The minimum Gasteiger partial charge on any atom is -0.396 e. The maximum atomic E-state index is 10.1. The van der Waals surface area contributed by atoms with Gasteiger partial charge in [0, 0.05) is 12.0 Å². The lowest BCUT2D eigenvalue weighted by Crippen LogP contribution is -2.42. The van der Waals surface area contributed by atoms with Gasteiger partial charge in [-0.2, -0.15) is 0 Å². The number of aliphatic hydroxyl groups is 1. The molecule has 2 unspecified atom stereocenters. The summed E-state index contributed by atoms with van der Waals surface area (Å²) in [7, 11) is 0. The van der Waals surface area contributed by atoms with E-state index in [1.807, 2.05) is 12.1 Å². The third-order valence-electron chi connectivity index (χ3n) is 6.06. The van der Waals surface area contributed by atoms with Gasteiger partial charge < -0.3 is 5.11 Å². The predicted octanol–water partition coefficient (Wildman–Crippen LogP) is 4.32. The van der Waals surface area contributed by atoms with Gasteiger partial charge >= 0.3 is 0 Å². The normalized spacial score (nSPS) is 20.5. The summed E-state index contributed by atoms with van der Waals surface area (Å²) in [6.07, 6.45) is 2.94. The van der Waals surface area contributed by atoms with Crippen molar-refractivity contribution in [1.29, 1.82) is 0 Å². The van der Waals surface area contributed by atoms with E-state index in [0.717, 1.165) is 10.6 Å². The molecule has 2 heteroatoms. The molecule has 0 aromatic heterocycles. The Hall–Kier alpha value is -3.23. The molecule has 1 aliphatic rings. The monoisotopic (exact) mass is 377 g/mol. The van der Waals surface area contributed by atoms with Gasteiger partial charge in [-0.15, -0.1) is 0 Å². The van der Waals surface area contributed by atoms with E-state index in [4.69, 9.17) is 4.99 Å². The fourth-order valence-electron chi connectivity index (χ4n) is 4.70. The van der Waals surface area contributed by atoms with Crippen LogP contribution < -0.4 is 10.6 Å². The van der Waals surface area contributed by atoms with Crippen molar-refractivity contribution < 1.29 is 5.11 Å². The number of nitrogens with zero attached hydrogens (tertiary/aromatic N) is 1. The molecule has 5 rings (SSSR count). The first-order chi connectivity index (χ1) is 14.3. The molecule has 1 aliphatic heterocycles. The highest BCUT2D eigenvalue weighted by Crippen LogP contribution is 2.46. The summed E-state index contributed by atoms with van der Waals surface area (Å²) in [4.78, 5) is 5.27. The first-order valence-electron chi connectivity index (χ1n) is 10.1. The Labute approximate surface area is 170 Å². The fourth-order valence-corrected chi connectivity index (χ4v) is 4.70. The summed E-state index contributed by atoms with van der Waals surface area (Å²) >= 11 is 0. The fraction of sp³-hybridized carbons (Fsp3) is 0.148. The molecule has 0 radical (unpaired) electrons. The maximum Gasteiger partial charge on any atom is 0.0894 e. The van der Waals surface area contributed by atoms with Gasteiger partial charge in [-0.3, -0.25) is 4.99 Å². The van der Waals surface area contributed by atoms with Crippen LogP contribution in [0.5, 0.6) is 0 Å². The molecule has 0 bridgehead atoms. The lowest BCUT2D eigenvalue weighted by atomic mass is 9.67. The zero-order chi connectivity index (χ0) is 19.7. The highest BCUT2D eigenvalue weighted by atomic mass is 16.3. The molecule has 4 aromatic rings. The van der Waals surface area contributed by atoms with E-state index in [9.17, 15) is 5.11 Å². The van der Waals surface area contributed by atoms with Crippen LogP contribution in [0.2, 0.25) is 0 Å². The number of benzene rings is 4. The number of para-hydroxylation sites is 1. The zero-order valence-corrected chi connectivity index (χ0v) is 16.2. The van der Waals surface area contributed by atoms with Crippen molar-refractivity contribution in [3.8, 4) is 0 Å². The van der Waals surface area contributed by atoms with Gasteiger partial charge in [-0.25, -0.2) is 0 Å². The van der Waals surface area contributed by atoms with E-state index < -0.39 is 5.41 Å². The number of aliphatic hydroxyl groups excluding tert-OH is 1. The van der Waals surface area contributed by atoms with Crippen molar-refractivity contribution >= 4 is 16.8 Å². The summed E-state index contributed by atoms with van der Waals surface area (Å²) < 4.78 is 0. The van der Waals surface area contributed by atoms with E-state index in [1.54, 1.807) is 0 Å². The number of hydrogen-bond donors (Lipinski definition) is 1. The van der Waals surface area contributed by atoms with Gasteiger partial charge in [0.05, 0.1) is 11.4 Å². The average molecular weight is 377 g/mol. The lowest BCUT2D eigenvalue weighted by molar-refractivity contribution is 0.246. The van der Waals surface area contributed by atoms with Crippen molar-refractivity contribution in [3.63, 3.8) is 0 Å². The van der Waals surface area contributed by atoms with Crippen molar-refractivity contribution in [1.82, 2.24) is 0 Å². The second kappa shape index (κ2) is 7.31. The Morgan fingerprint density at radius 3 is 2.34 bits per heavy atom. The van der Waals surface area contributed by atoms with Gasteiger partial charge in [0.25, 0.3) is 0 Å². The molecule has 0 amide bonds. The van der Waals surface area contributed by atoms with Crippen LogP contribution in [-0.4, -0.2) is 11.7 Å². The van der Waals surface area contributed by atoms with E-state index in [0.29, 0.717) is 6.42 Å². The molecule has 4 aromatic carbocycles. The average Bonchev–Trinajstić information content (AvgIpc) is 2.79. The van der Waals surface area contributed by atoms with Crippen molar-refractivity contribution in [2.75, 3.05) is 6.61 Å². The van der Waals surface area contributed by atoms with Gasteiger partial charge in [0.15, 0.2) is 0 Å². The SMILES string of the molecule is OCCC1(c2ccccc2)C=c2ccccc2=NC1c1cccc2ccccc12. The lowest BCUT2D eigenvalue weighted by Gasteiger charge is -2.39. The smallest absolute Gasteiger partial charge is 0.0894 e. The summed E-state index contributed by atoms with van der Waals surface area (Å²) in [5, 5.41) is 14.7. The highest BCUT2D eigenvalue weighted by Gasteiger charge is 2.41. The minimum atomic E-state index is -0.408. The van der Waals surface area contributed by atoms with Gasteiger partial charge in [0.1, 0.15) is 0 Å². The van der Waals surface area contributed by atoms with Crippen LogP contribution in [0.25, 0.3) is 16.8 Å². The molecule has 142 valence electrons. The predicted molar refractivity (Wildman–Crippen MR) is 118 cm³/mol. The van der Waals surface area contributed by atoms with Crippen LogP contribution in [0.3, 0.4) is 0 Å². The van der Waals surface area contributed by atoms with E-state index in [2.05, 4.69) is 91.0 Å². The molecule has 2 atom stereocenters. The molecule has 0 saturated heterocycles. The Kier molecular flexibility index (Phi) is 4.49. The first kappa shape index (κ1) is 17.8. The largest absolute Gasteiger partial charge is 0.396 e. The molecular formula is C27H23NO. The van der Waals surface area contributed by atoms with Crippen LogP contribution >= 0.6 is 0 Å². The Balaban J connectivity index is 1.86. The molecule has 29 heavy (non-hydrogen) atoms. The summed E-state index contributed by atoms with van der Waals surface area (Å²) in [6, 6.07) is 33.6. The third kappa shape index (κ3) is 2.97. The quantitative estimate of drug-likeness (QED) is 0.565. The minimum absolute atomic E-state index is 0.102. The van der Waals surface area contributed by atoms with Crippen LogP contribution in [0.15, 0.2) is 102 Å². The number of hydrogen-bond acceptors (Lipinski definition) is 2. The van der Waals surface area contributed by atoms with Crippen LogP contribution in [-0.2, 0) is 5.41 Å². The highest BCUT2D eigenvalue weighted by molar-refractivity contribution is 5.86. The van der Waals surface area contributed by atoms with Gasteiger partial charge in [-0.1, -0.05) is 97.1 Å². The summed E-state index contributed by atoms with van der Waals surface area (Å²) in [5.74, 6) is 0. The molecule has 1 N–H and O–H groups in total. The topological polar surface area (TPSA) is 32.6 Å². The molecule has 0 saturated carbocycles. The van der Waals surface area contributed by atoms with Crippen molar-refractivity contribution in [2.45, 2.75) is 17.9 Å². The first-order valence-corrected chi connectivity index (χ1v) is 10.1. The van der Waals surface area contributed by atoms with Crippen LogP contribution in [0.4, 0.5) is 0 Å². The Morgan fingerprint density at radius 2 is 1.48 bits per heavy atom. The van der Waals surface area contributed by atoms with Gasteiger partial charge in [-0.05, 0) is 39.6 Å². The maximum absolute atomic E-state index is 10.1. The number of rotatable bonds is 4. The molecular weight excluding hydrogens is 354 g/mol. The third-order valence-corrected chi connectivity index (χ3v) is 6.06. The molecule has 0 spiro atoms. The van der Waals surface area contributed by atoms with Crippen LogP contribution in [0.1, 0.15) is 23.6 Å². The molecule has 0 aliphatic carbocycles. The van der Waals surface area contributed by atoms with Gasteiger partial charge in [0.2, 0.25) is 0 Å².